The van der Waals surface area contributed by atoms with Crippen molar-refractivity contribution in [3.05, 3.63) is 35.9 Å². The quantitative estimate of drug-likeness (QED) is 0.138. The molecule has 0 aliphatic rings. The van der Waals surface area contributed by atoms with Crippen LogP contribution in [0, 0.1) is 0 Å². The topological polar surface area (TPSA) is 100 Å². The van der Waals surface area contributed by atoms with Gasteiger partial charge in [0, 0.05) is 6.61 Å². The SMILES string of the molecule is CCOCCOCCOCCOCCOCCOCCOCCOCCOC(=O)c1ccccc1. The fourth-order valence-electron chi connectivity index (χ4n) is 2.53. The highest BCUT2D eigenvalue weighted by Crippen LogP contribution is 2.00. The molecule has 0 radical (unpaired) electrons. The minimum Gasteiger partial charge on any atom is -0.460 e. The molecule has 0 amide bonds. The van der Waals surface area contributed by atoms with E-state index in [9.17, 15) is 4.79 Å². The monoisotopic (exact) mass is 502 g/mol. The lowest BCUT2D eigenvalue weighted by molar-refractivity contribution is -0.0241. The molecule has 10 heteroatoms. The Balaban J connectivity index is 1.67. The van der Waals surface area contributed by atoms with Crippen LogP contribution in [-0.2, 0) is 42.6 Å². The van der Waals surface area contributed by atoms with Gasteiger partial charge >= 0.3 is 5.97 Å². The zero-order chi connectivity index (χ0) is 25.1. The molecule has 0 heterocycles. The van der Waals surface area contributed by atoms with Crippen LogP contribution >= 0.6 is 0 Å². The molecule has 0 bridgehead atoms. The molecular formula is C25H42O10. The fourth-order valence-corrected chi connectivity index (χ4v) is 2.53. The van der Waals surface area contributed by atoms with Gasteiger partial charge in [-0.3, -0.25) is 0 Å². The first-order valence-electron chi connectivity index (χ1n) is 12.2. The second kappa shape index (κ2) is 25.5. The molecule has 0 aliphatic heterocycles. The molecule has 0 unspecified atom stereocenters. The van der Waals surface area contributed by atoms with E-state index >= 15 is 0 Å². The van der Waals surface area contributed by atoms with Gasteiger partial charge in [-0.2, -0.15) is 0 Å². The van der Waals surface area contributed by atoms with Crippen molar-refractivity contribution in [2.24, 2.45) is 0 Å². The van der Waals surface area contributed by atoms with Gasteiger partial charge in [0.15, 0.2) is 0 Å². The highest BCUT2D eigenvalue weighted by atomic mass is 16.6. The molecule has 1 aromatic carbocycles. The Labute approximate surface area is 209 Å². The number of hydrogen-bond donors (Lipinski definition) is 0. The summed E-state index contributed by atoms with van der Waals surface area (Å²) in [6.07, 6.45) is 0. The van der Waals surface area contributed by atoms with Crippen LogP contribution in [0.25, 0.3) is 0 Å². The van der Waals surface area contributed by atoms with E-state index < -0.39 is 0 Å². The Hall–Kier alpha value is -1.63. The van der Waals surface area contributed by atoms with E-state index in [2.05, 4.69) is 0 Å². The molecule has 0 aliphatic carbocycles. The summed E-state index contributed by atoms with van der Waals surface area (Å²) >= 11 is 0. The van der Waals surface area contributed by atoms with Gasteiger partial charge in [-0.1, -0.05) is 18.2 Å². The minimum atomic E-state index is -0.351. The Morgan fingerprint density at radius 2 is 0.800 bits per heavy atom. The first-order valence-corrected chi connectivity index (χ1v) is 12.2. The average Bonchev–Trinajstić information content (AvgIpc) is 2.89. The molecule has 0 aromatic heterocycles. The number of rotatable bonds is 26. The molecule has 0 saturated carbocycles. The predicted octanol–water partition coefficient (Wildman–Crippen LogP) is 2.00. The Kier molecular flexibility index (Phi) is 22.8. The second-order valence-corrected chi connectivity index (χ2v) is 6.99. The maximum Gasteiger partial charge on any atom is 0.338 e. The van der Waals surface area contributed by atoms with Crippen LogP contribution in [0.15, 0.2) is 30.3 Å². The maximum atomic E-state index is 11.7. The van der Waals surface area contributed by atoms with Crippen LogP contribution in [0.3, 0.4) is 0 Å². The van der Waals surface area contributed by atoms with Crippen LogP contribution < -0.4 is 0 Å². The molecular weight excluding hydrogens is 460 g/mol. The molecule has 0 saturated heterocycles. The van der Waals surface area contributed by atoms with E-state index in [1.54, 1.807) is 24.3 Å². The van der Waals surface area contributed by atoms with E-state index in [0.29, 0.717) is 111 Å². The van der Waals surface area contributed by atoms with E-state index in [0.717, 1.165) is 0 Å². The maximum absolute atomic E-state index is 11.7. The number of carbonyl (C=O) groups is 1. The first-order chi connectivity index (χ1) is 17.3. The van der Waals surface area contributed by atoms with E-state index in [1.807, 2.05) is 13.0 Å². The van der Waals surface area contributed by atoms with Crippen molar-refractivity contribution in [3.8, 4) is 0 Å². The smallest absolute Gasteiger partial charge is 0.338 e. The van der Waals surface area contributed by atoms with Gasteiger partial charge in [0.1, 0.15) is 6.61 Å². The molecule has 1 rings (SSSR count). The lowest BCUT2D eigenvalue weighted by Gasteiger charge is -2.09. The summed E-state index contributed by atoms with van der Waals surface area (Å²) in [5.74, 6) is -0.351. The van der Waals surface area contributed by atoms with Gasteiger partial charge in [-0.05, 0) is 19.1 Å². The summed E-state index contributed by atoms with van der Waals surface area (Å²) in [7, 11) is 0. The van der Waals surface area contributed by atoms with E-state index in [1.165, 1.54) is 0 Å². The zero-order valence-electron chi connectivity index (χ0n) is 21.0. The summed E-state index contributed by atoms with van der Waals surface area (Å²) < 4.78 is 48.1. The first kappa shape index (κ1) is 31.4. The highest BCUT2D eigenvalue weighted by Gasteiger charge is 2.05. The zero-order valence-corrected chi connectivity index (χ0v) is 21.0. The van der Waals surface area contributed by atoms with Crippen LogP contribution in [0.5, 0.6) is 0 Å². The summed E-state index contributed by atoms with van der Waals surface area (Å²) in [5, 5.41) is 0. The van der Waals surface area contributed by atoms with Crippen LogP contribution in [-0.4, -0.2) is 118 Å². The number of carbonyl (C=O) groups excluding carboxylic acids is 1. The highest BCUT2D eigenvalue weighted by molar-refractivity contribution is 5.89. The number of benzene rings is 1. The molecule has 1 aromatic rings. The summed E-state index contributed by atoms with van der Waals surface area (Å²) in [6.45, 7) is 10.5. The molecule has 0 N–H and O–H groups in total. The van der Waals surface area contributed by atoms with Crippen molar-refractivity contribution in [1.29, 1.82) is 0 Å². The molecule has 0 spiro atoms. The van der Waals surface area contributed by atoms with E-state index in [-0.39, 0.29) is 12.6 Å². The minimum absolute atomic E-state index is 0.209. The van der Waals surface area contributed by atoms with Crippen LogP contribution in [0.4, 0.5) is 0 Å². The molecule has 10 nitrogen and oxygen atoms in total. The van der Waals surface area contributed by atoms with E-state index in [4.69, 9.17) is 42.6 Å². The third kappa shape index (κ3) is 21.4. The largest absolute Gasteiger partial charge is 0.460 e. The lowest BCUT2D eigenvalue weighted by atomic mass is 10.2. The van der Waals surface area contributed by atoms with Crippen molar-refractivity contribution in [1.82, 2.24) is 0 Å². The van der Waals surface area contributed by atoms with Gasteiger partial charge in [0.2, 0.25) is 0 Å². The predicted molar refractivity (Wildman–Crippen MR) is 129 cm³/mol. The second-order valence-electron chi connectivity index (χ2n) is 6.99. The van der Waals surface area contributed by atoms with Crippen LogP contribution in [0.2, 0.25) is 0 Å². The molecule has 35 heavy (non-hydrogen) atoms. The van der Waals surface area contributed by atoms with Crippen molar-refractivity contribution in [2.75, 3.05) is 112 Å². The van der Waals surface area contributed by atoms with Crippen molar-refractivity contribution < 1.29 is 47.4 Å². The number of esters is 1. The van der Waals surface area contributed by atoms with Gasteiger partial charge in [0.05, 0.1) is 105 Å². The Bertz CT molecular complexity index is 573. The standard InChI is InChI=1S/C25H42O10/c1-2-27-8-9-28-10-11-29-12-13-30-14-15-31-16-17-32-18-19-33-20-21-34-22-23-35-25(26)24-6-4-3-5-7-24/h3-7H,2,8-23H2,1H3. The molecule has 202 valence electrons. The third-order valence-electron chi connectivity index (χ3n) is 4.28. The summed E-state index contributed by atoms with van der Waals surface area (Å²) in [4.78, 5) is 11.7. The fraction of sp³-hybridized carbons (Fsp3) is 0.720. The summed E-state index contributed by atoms with van der Waals surface area (Å²) in [5.41, 5.74) is 0.530. The Morgan fingerprint density at radius 3 is 1.14 bits per heavy atom. The normalized spacial score (nSPS) is 11.1. The molecule has 0 fully saturated rings. The van der Waals surface area contributed by atoms with Crippen molar-refractivity contribution >= 4 is 5.97 Å². The van der Waals surface area contributed by atoms with Gasteiger partial charge in [-0.15, -0.1) is 0 Å². The average molecular weight is 503 g/mol. The van der Waals surface area contributed by atoms with Crippen LogP contribution in [0.1, 0.15) is 17.3 Å². The Morgan fingerprint density at radius 1 is 0.486 bits per heavy atom. The third-order valence-corrected chi connectivity index (χ3v) is 4.28. The van der Waals surface area contributed by atoms with Gasteiger partial charge in [0.25, 0.3) is 0 Å². The summed E-state index contributed by atoms with van der Waals surface area (Å²) in [6, 6.07) is 8.86. The van der Waals surface area contributed by atoms with Crippen molar-refractivity contribution in [3.63, 3.8) is 0 Å². The number of ether oxygens (including phenoxy) is 9. The lowest BCUT2D eigenvalue weighted by Crippen LogP contribution is -2.15. The molecule has 0 atom stereocenters. The van der Waals surface area contributed by atoms with Gasteiger partial charge < -0.3 is 42.6 Å². The van der Waals surface area contributed by atoms with Gasteiger partial charge in [-0.25, -0.2) is 4.79 Å². The van der Waals surface area contributed by atoms with Crippen molar-refractivity contribution in [2.45, 2.75) is 6.92 Å². The number of hydrogen-bond acceptors (Lipinski definition) is 10.